The van der Waals surface area contributed by atoms with E-state index in [9.17, 15) is 4.79 Å². The Labute approximate surface area is 97.9 Å². The number of rotatable bonds is 2. The molecule has 0 radical (unpaired) electrons. The van der Waals surface area contributed by atoms with Crippen LogP contribution in [0.5, 0.6) is 0 Å². The summed E-state index contributed by atoms with van der Waals surface area (Å²) in [5.74, 6) is 0. The van der Waals surface area contributed by atoms with Crippen molar-refractivity contribution in [3.63, 3.8) is 0 Å². The molecule has 0 spiro atoms. The minimum Gasteiger partial charge on any atom is -0.244 e. The number of hydrogen-bond donors (Lipinski definition) is 1. The van der Waals surface area contributed by atoms with Crippen LogP contribution in [0.1, 0.15) is 13.8 Å². The van der Waals surface area contributed by atoms with Gasteiger partial charge in [0.25, 0.3) is 0 Å². The molecule has 0 saturated heterocycles. The summed E-state index contributed by atoms with van der Waals surface area (Å²) in [6.45, 7) is 4.00. The average Bonchev–Trinajstić information content (AvgIpc) is 2.78. The Bertz CT molecular complexity index is 474. The lowest BCUT2D eigenvalue weighted by Crippen LogP contribution is -2.15. The van der Waals surface area contributed by atoms with Gasteiger partial charge in [0.15, 0.2) is 0 Å². The van der Waals surface area contributed by atoms with Crippen molar-refractivity contribution in [1.82, 2.24) is 20.2 Å². The molecule has 16 heavy (non-hydrogen) atoms. The summed E-state index contributed by atoms with van der Waals surface area (Å²) in [5.41, 5.74) is 0.378. The van der Waals surface area contributed by atoms with Gasteiger partial charge < -0.3 is 0 Å². The molecule has 0 aliphatic rings. The lowest BCUT2D eigenvalue weighted by atomic mass is 10.3. The molecule has 5 nitrogen and oxygen atoms in total. The minimum absolute atomic E-state index is 0.332. The zero-order valence-corrected chi connectivity index (χ0v) is 10.3. The van der Waals surface area contributed by atoms with E-state index in [4.69, 9.17) is 0 Å². The number of hydrogen-bond acceptors (Lipinski definition) is 4. The van der Waals surface area contributed by atoms with Crippen LogP contribution in [-0.4, -0.2) is 26.5 Å². The molecule has 6 heteroatoms. The first kappa shape index (κ1) is 12.5. The van der Waals surface area contributed by atoms with Crippen LogP contribution >= 0.6 is 11.8 Å². The van der Waals surface area contributed by atoms with Crippen molar-refractivity contribution in [1.29, 1.82) is 0 Å². The Kier molecular flexibility index (Phi) is 4.78. The predicted molar refractivity (Wildman–Crippen MR) is 65.1 cm³/mol. The number of nitrogens with zero attached hydrogens (tertiary/aromatic N) is 3. The van der Waals surface area contributed by atoms with Crippen molar-refractivity contribution in [3.05, 3.63) is 34.7 Å². The third-order valence-corrected chi connectivity index (χ3v) is 2.53. The molecule has 0 aliphatic heterocycles. The third-order valence-electron chi connectivity index (χ3n) is 1.79. The van der Waals surface area contributed by atoms with Crippen LogP contribution in [-0.2, 0) is 0 Å². The van der Waals surface area contributed by atoms with Crippen LogP contribution in [0.2, 0.25) is 0 Å². The summed E-state index contributed by atoms with van der Waals surface area (Å²) < 4.78 is 1.21. The maximum Gasteiger partial charge on any atom is 0.365 e. The molecule has 1 aromatic heterocycles. The van der Waals surface area contributed by atoms with Crippen LogP contribution in [0.15, 0.2) is 34.0 Å². The van der Waals surface area contributed by atoms with Gasteiger partial charge in [-0.05, 0) is 40.9 Å². The molecule has 0 bridgehead atoms. The van der Waals surface area contributed by atoms with Gasteiger partial charge in [-0.3, -0.25) is 0 Å². The fourth-order valence-electron chi connectivity index (χ4n) is 1.09. The van der Waals surface area contributed by atoms with Crippen molar-refractivity contribution in [3.8, 4) is 5.69 Å². The normalized spacial score (nSPS) is 9.44. The van der Waals surface area contributed by atoms with Crippen molar-refractivity contribution < 1.29 is 0 Å². The minimum atomic E-state index is -0.332. The number of aromatic nitrogens is 4. The van der Waals surface area contributed by atoms with E-state index in [0.717, 1.165) is 4.90 Å². The fraction of sp³-hybridized carbons (Fsp3) is 0.300. The van der Waals surface area contributed by atoms with E-state index in [1.54, 1.807) is 11.8 Å². The lowest BCUT2D eigenvalue weighted by Gasteiger charge is -1.99. The number of H-pyrrole nitrogens is 1. The molecule has 1 aromatic carbocycles. The van der Waals surface area contributed by atoms with E-state index in [1.807, 2.05) is 44.4 Å². The highest BCUT2D eigenvalue weighted by atomic mass is 32.2. The topological polar surface area (TPSA) is 63.6 Å². The average molecular weight is 238 g/mol. The predicted octanol–water partition coefficient (Wildman–Crippen LogP) is 1.70. The Morgan fingerprint density at radius 1 is 1.25 bits per heavy atom. The van der Waals surface area contributed by atoms with E-state index in [-0.39, 0.29) is 5.69 Å². The molecule has 0 saturated carbocycles. The van der Waals surface area contributed by atoms with Crippen molar-refractivity contribution in [2.45, 2.75) is 18.7 Å². The summed E-state index contributed by atoms with van der Waals surface area (Å²) in [6.07, 6.45) is 2.00. The van der Waals surface area contributed by atoms with E-state index >= 15 is 0 Å². The maximum atomic E-state index is 11.2. The Morgan fingerprint density at radius 2 is 1.88 bits per heavy atom. The van der Waals surface area contributed by atoms with Crippen LogP contribution in [0.4, 0.5) is 0 Å². The number of thioether (sulfide) groups is 1. The second kappa shape index (κ2) is 6.12. The fourth-order valence-corrected chi connectivity index (χ4v) is 1.50. The third kappa shape index (κ3) is 2.73. The van der Waals surface area contributed by atoms with Crippen LogP contribution < -0.4 is 5.69 Å². The zero-order valence-electron chi connectivity index (χ0n) is 9.47. The summed E-state index contributed by atoms with van der Waals surface area (Å²) in [4.78, 5) is 12.3. The number of aromatic amines is 1. The summed E-state index contributed by atoms with van der Waals surface area (Å²) in [7, 11) is 0. The molecule has 0 aliphatic carbocycles. The molecule has 2 rings (SSSR count). The summed E-state index contributed by atoms with van der Waals surface area (Å²) >= 11 is 1.65. The molecular formula is C10H14N4OS. The van der Waals surface area contributed by atoms with E-state index in [2.05, 4.69) is 15.5 Å². The number of nitrogens with one attached hydrogen (secondary N) is 1. The first-order valence-corrected chi connectivity index (χ1v) is 6.18. The zero-order chi connectivity index (χ0) is 12.0. The summed E-state index contributed by atoms with van der Waals surface area (Å²) in [5, 5.41) is 9.28. The summed E-state index contributed by atoms with van der Waals surface area (Å²) in [6, 6.07) is 7.52. The standard InChI is InChI=1S/C8H8N4OS.C2H6/c1-14-7-4-2-6(3-5-7)12-8(13)9-10-11-12;1-2/h2-5H,1H3,(H,9,11,13);1-2H3. The van der Waals surface area contributed by atoms with Crippen molar-refractivity contribution >= 4 is 11.8 Å². The van der Waals surface area contributed by atoms with Gasteiger partial charge in [-0.15, -0.1) is 11.8 Å². The highest BCUT2D eigenvalue weighted by molar-refractivity contribution is 7.98. The van der Waals surface area contributed by atoms with E-state index in [1.165, 1.54) is 4.68 Å². The Hall–Kier alpha value is -1.56. The van der Waals surface area contributed by atoms with E-state index in [0.29, 0.717) is 5.69 Å². The van der Waals surface area contributed by atoms with Gasteiger partial charge in [0.05, 0.1) is 5.69 Å². The Morgan fingerprint density at radius 3 is 2.31 bits per heavy atom. The van der Waals surface area contributed by atoms with Gasteiger partial charge >= 0.3 is 5.69 Å². The smallest absolute Gasteiger partial charge is 0.244 e. The first-order chi connectivity index (χ1) is 7.81. The first-order valence-electron chi connectivity index (χ1n) is 4.96. The quantitative estimate of drug-likeness (QED) is 0.809. The van der Waals surface area contributed by atoms with Crippen LogP contribution in [0.3, 0.4) is 0 Å². The molecule has 0 unspecified atom stereocenters. The molecule has 2 aromatic rings. The molecule has 1 heterocycles. The van der Waals surface area contributed by atoms with Crippen molar-refractivity contribution in [2.75, 3.05) is 6.26 Å². The van der Waals surface area contributed by atoms with Gasteiger partial charge in [-0.25, -0.2) is 9.89 Å². The van der Waals surface area contributed by atoms with Gasteiger partial charge in [-0.1, -0.05) is 13.8 Å². The van der Waals surface area contributed by atoms with Crippen LogP contribution in [0.25, 0.3) is 5.69 Å². The molecule has 0 amide bonds. The number of tetrazole rings is 1. The molecule has 0 fully saturated rings. The highest BCUT2D eigenvalue weighted by Crippen LogP contribution is 2.15. The second-order valence-electron chi connectivity index (χ2n) is 2.62. The molecule has 1 N–H and O–H groups in total. The SMILES string of the molecule is CC.CSc1ccc(-n2nn[nH]c2=O)cc1. The Balaban J connectivity index is 0.000000606. The monoisotopic (exact) mass is 238 g/mol. The molecule has 0 atom stereocenters. The molecular weight excluding hydrogens is 224 g/mol. The van der Waals surface area contributed by atoms with Gasteiger partial charge in [0.1, 0.15) is 0 Å². The maximum absolute atomic E-state index is 11.2. The number of benzene rings is 1. The lowest BCUT2D eigenvalue weighted by molar-refractivity contribution is 0.779. The van der Waals surface area contributed by atoms with E-state index < -0.39 is 0 Å². The largest absolute Gasteiger partial charge is 0.365 e. The highest BCUT2D eigenvalue weighted by Gasteiger charge is 2.01. The van der Waals surface area contributed by atoms with Crippen molar-refractivity contribution in [2.24, 2.45) is 0 Å². The van der Waals surface area contributed by atoms with Crippen LogP contribution in [0, 0.1) is 0 Å². The van der Waals surface area contributed by atoms with Gasteiger partial charge in [0.2, 0.25) is 0 Å². The van der Waals surface area contributed by atoms with Gasteiger partial charge in [0, 0.05) is 4.90 Å². The van der Waals surface area contributed by atoms with Gasteiger partial charge in [-0.2, -0.15) is 4.68 Å². The second-order valence-corrected chi connectivity index (χ2v) is 3.50. The molecule has 86 valence electrons.